The maximum absolute atomic E-state index is 12.4. The molecule has 2 aromatic carbocycles. The molecule has 0 bridgehead atoms. The molecule has 0 spiro atoms. The molecule has 1 aliphatic rings. The Morgan fingerprint density at radius 1 is 1.19 bits per heavy atom. The molecule has 2 amide bonds. The van der Waals surface area contributed by atoms with Gasteiger partial charge in [0.05, 0.1) is 0 Å². The number of likely N-dealkylation sites (tertiary alicyclic amines) is 1. The average Bonchev–Trinajstić information content (AvgIpc) is 2.96. The van der Waals surface area contributed by atoms with E-state index in [2.05, 4.69) is 5.32 Å². The van der Waals surface area contributed by atoms with Gasteiger partial charge in [0, 0.05) is 42.0 Å². The first-order chi connectivity index (χ1) is 12.9. The highest BCUT2D eigenvalue weighted by molar-refractivity contribution is 6.35. The van der Waals surface area contributed by atoms with Crippen molar-refractivity contribution in [2.75, 3.05) is 0 Å². The zero-order valence-electron chi connectivity index (χ0n) is 15.2. The number of benzene rings is 2. The van der Waals surface area contributed by atoms with Crippen molar-refractivity contribution in [3.63, 3.8) is 0 Å². The molecule has 1 aliphatic heterocycles. The van der Waals surface area contributed by atoms with Gasteiger partial charge in [0.1, 0.15) is 0 Å². The lowest BCUT2D eigenvalue weighted by Gasteiger charge is -2.25. The Balaban J connectivity index is 1.60. The van der Waals surface area contributed by atoms with Gasteiger partial charge in [0.25, 0.3) is 0 Å². The summed E-state index contributed by atoms with van der Waals surface area (Å²) < 4.78 is 0. The van der Waals surface area contributed by atoms with Gasteiger partial charge in [0.15, 0.2) is 0 Å². The Morgan fingerprint density at radius 2 is 1.96 bits per heavy atom. The van der Waals surface area contributed by atoms with Crippen LogP contribution in [0.3, 0.4) is 0 Å². The zero-order chi connectivity index (χ0) is 19.4. The van der Waals surface area contributed by atoms with Crippen molar-refractivity contribution in [1.82, 2.24) is 10.2 Å². The molecule has 4 nitrogen and oxygen atoms in total. The summed E-state index contributed by atoms with van der Waals surface area (Å²) >= 11 is 12.2. The van der Waals surface area contributed by atoms with Gasteiger partial charge < -0.3 is 10.2 Å². The van der Waals surface area contributed by atoms with Crippen molar-refractivity contribution < 1.29 is 9.59 Å². The summed E-state index contributed by atoms with van der Waals surface area (Å²) in [6.07, 6.45) is 1.44. The fourth-order valence-corrected chi connectivity index (χ4v) is 3.81. The third-order valence-electron chi connectivity index (χ3n) is 4.97. The number of aryl methyl sites for hydroxylation is 1. The van der Waals surface area contributed by atoms with Gasteiger partial charge in [-0.05, 0) is 42.2 Å². The van der Waals surface area contributed by atoms with Crippen LogP contribution in [0.2, 0.25) is 10.0 Å². The predicted molar refractivity (Wildman–Crippen MR) is 108 cm³/mol. The van der Waals surface area contributed by atoms with Crippen LogP contribution in [-0.2, 0) is 22.7 Å². The number of nitrogens with zero attached hydrogens (tertiary/aromatic N) is 1. The Hall–Kier alpha value is -2.04. The summed E-state index contributed by atoms with van der Waals surface area (Å²) in [4.78, 5) is 26.5. The Kier molecular flexibility index (Phi) is 6.40. The minimum Gasteiger partial charge on any atom is -0.352 e. The highest BCUT2D eigenvalue weighted by atomic mass is 35.5. The zero-order valence-corrected chi connectivity index (χ0v) is 16.7. The van der Waals surface area contributed by atoms with E-state index in [4.69, 9.17) is 23.2 Å². The van der Waals surface area contributed by atoms with E-state index < -0.39 is 0 Å². The summed E-state index contributed by atoms with van der Waals surface area (Å²) in [5.74, 6) is 0.00266. The van der Waals surface area contributed by atoms with E-state index in [1.54, 1.807) is 17.0 Å². The first kappa shape index (κ1) is 19.7. The van der Waals surface area contributed by atoms with Gasteiger partial charge in [0.2, 0.25) is 11.8 Å². The van der Waals surface area contributed by atoms with E-state index in [9.17, 15) is 9.59 Å². The van der Waals surface area contributed by atoms with Gasteiger partial charge in [-0.1, -0.05) is 53.5 Å². The lowest BCUT2D eigenvalue weighted by atomic mass is 10.1. The summed E-state index contributed by atoms with van der Waals surface area (Å²) in [5.41, 5.74) is 3.08. The van der Waals surface area contributed by atoms with Gasteiger partial charge in [-0.15, -0.1) is 0 Å². The topological polar surface area (TPSA) is 49.4 Å². The van der Waals surface area contributed by atoms with Gasteiger partial charge in [-0.2, -0.15) is 0 Å². The second kappa shape index (κ2) is 8.77. The highest BCUT2D eigenvalue weighted by Crippen LogP contribution is 2.28. The monoisotopic (exact) mass is 404 g/mol. The quantitative estimate of drug-likeness (QED) is 0.770. The van der Waals surface area contributed by atoms with Crippen LogP contribution in [0, 0.1) is 6.92 Å². The Labute approximate surface area is 169 Å². The minimum absolute atomic E-state index is 0.0508. The number of rotatable bonds is 6. The molecule has 27 heavy (non-hydrogen) atoms. The molecule has 0 saturated carbocycles. The van der Waals surface area contributed by atoms with Gasteiger partial charge in [-0.25, -0.2) is 0 Å². The molecule has 1 fully saturated rings. The Bertz CT molecular complexity index is 854. The maximum Gasteiger partial charge on any atom is 0.223 e. The van der Waals surface area contributed by atoms with Crippen molar-refractivity contribution in [3.05, 3.63) is 69.2 Å². The lowest BCUT2D eigenvalue weighted by molar-refractivity contribution is -0.130. The summed E-state index contributed by atoms with van der Waals surface area (Å²) in [6.45, 7) is 2.91. The van der Waals surface area contributed by atoms with Crippen LogP contribution < -0.4 is 5.32 Å². The van der Waals surface area contributed by atoms with Crippen LogP contribution in [0.25, 0.3) is 0 Å². The third kappa shape index (κ3) is 5.02. The van der Waals surface area contributed by atoms with Crippen molar-refractivity contribution in [1.29, 1.82) is 0 Å². The molecule has 1 unspecified atom stereocenters. The normalized spacial score (nSPS) is 16.6. The molecular weight excluding hydrogens is 383 g/mol. The second-order valence-corrected chi connectivity index (χ2v) is 7.70. The van der Waals surface area contributed by atoms with Crippen LogP contribution in [0.15, 0.2) is 42.5 Å². The van der Waals surface area contributed by atoms with Crippen LogP contribution >= 0.6 is 23.2 Å². The van der Waals surface area contributed by atoms with E-state index in [0.29, 0.717) is 42.4 Å². The number of nitrogens with one attached hydrogen (secondary N) is 1. The fourth-order valence-electron chi connectivity index (χ4n) is 3.34. The van der Waals surface area contributed by atoms with Crippen LogP contribution in [-0.4, -0.2) is 22.8 Å². The number of halogens is 2. The van der Waals surface area contributed by atoms with E-state index in [1.807, 2.05) is 37.3 Å². The molecule has 142 valence electrons. The van der Waals surface area contributed by atoms with Gasteiger partial charge in [-0.3, -0.25) is 9.59 Å². The number of hydrogen-bond acceptors (Lipinski definition) is 2. The van der Waals surface area contributed by atoms with Crippen LogP contribution in [0.1, 0.15) is 36.0 Å². The average molecular weight is 405 g/mol. The number of carbonyl (C=O) groups excluding carboxylic acids is 2. The van der Waals surface area contributed by atoms with E-state index in [0.717, 1.165) is 16.7 Å². The van der Waals surface area contributed by atoms with Gasteiger partial charge >= 0.3 is 0 Å². The lowest BCUT2D eigenvalue weighted by Crippen LogP contribution is -2.37. The fraction of sp³-hybridized carbons (Fsp3) is 0.333. The maximum atomic E-state index is 12.4. The first-order valence-corrected chi connectivity index (χ1v) is 9.74. The molecule has 6 heteroatoms. The number of hydrogen-bond donors (Lipinski definition) is 1. The van der Waals surface area contributed by atoms with Crippen LogP contribution in [0.4, 0.5) is 0 Å². The number of amides is 2. The van der Waals surface area contributed by atoms with Crippen molar-refractivity contribution in [2.45, 2.75) is 45.3 Å². The smallest absolute Gasteiger partial charge is 0.223 e. The molecule has 2 aromatic rings. The SMILES string of the molecule is Cc1ccccc1CNC(=O)CC1CCC(=O)N1Cc1ccc(Cl)cc1Cl. The Morgan fingerprint density at radius 3 is 2.70 bits per heavy atom. The van der Waals surface area contributed by atoms with Crippen molar-refractivity contribution in [2.24, 2.45) is 0 Å². The van der Waals surface area contributed by atoms with Crippen LogP contribution in [0.5, 0.6) is 0 Å². The molecule has 0 aromatic heterocycles. The third-order valence-corrected chi connectivity index (χ3v) is 5.55. The largest absolute Gasteiger partial charge is 0.352 e. The molecule has 0 aliphatic carbocycles. The van der Waals surface area contributed by atoms with Crippen molar-refractivity contribution in [3.8, 4) is 0 Å². The number of carbonyl (C=O) groups is 2. The molecule has 1 N–H and O–H groups in total. The molecule has 1 heterocycles. The van der Waals surface area contributed by atoms with E-state index in [1.165, 1.54) is 0 Å². The standard InChI is InChI=1S/C21H22Cl2N2O2/c1-14-4-2-3-5-15(14)12-24-20(26)11-18-8-9-21(27)25(18)13-16-6-7-17(22)10-19(16)23/h2-7,10,18H,8-9,11-13H2,1H3,(H,24,26). The van der Waals surface area contributed by atoms with Crippen molar-refractivity contribution >= 4 is 35.0 Å². The molecule has 1 saturated heterocycles. The summed E-state index contributed by atoms with van der Waals surface area (Å²) in [5, 5.41) is 4.06. The molecule has 1 atom stereocenters. The van der Waals surface area contributed by atoms with E-state index in [-0.39, 0.29) is 17.9 Å². The molecule has 3 rings (SSSR count). The summed E-state index contributed by atoms with van der Waals surface area (Å²) in [6, 6.07) is 13.1. The van der Waals surface area contributed by atoms with E-state index >= 15 is 0 Å². The second-order valence-electron chi connectivity index (χ2n) is 6.86. The molecule has 0 radical (unpaired) electrons. The highest BCUT2D eigenvalue weighted by Gasteiger charge is 2.32. The first-order valence-electron chi connectivity index (χ1n) is 8.98. The molecular formula is C21H22Cl2N2O2. The summed E-state index contributed by atoms with van der Waals surface area (Å²) in [7, 11) is 0. The predicted octanol–water partition coefficient (Wildman–Crippen LogP) is 4.50. The minimum atomic E-state index is -0.110.